The molecule has 2 aromatic rings. The second-order valence-corrected chi connectivity index (χ2v) is 9.12. The first-order chi connectivity index (χ1) is 14.1. The van der Waals surface area contributed by atoms with Crippen molar-refractivity contribution in [2.75, 3.05) is 20.1 Å². The Balaban J connectivity index is 1.78. The van der Waals surface area contributed by atoms with Crippen LogP contribution in [0.1, 0.15) is 31.9 Å². The molecule has 2 atom stereocenters. The van der Waals surface area contributed by atoms with Crippen molar-refractivity contribution < 1.29 is 19.7 Å². The van der Waals surface area contributed by atoms with E-state index in [2.05, 4.69) is 11.9 Å². The summed E-state index contributed by atoms with van der Waals surface area (Å²) >= 11 is 0. The predicted octanol–water partition coefficient (Wildman–Crippen LogP) is 3.80. The van der Waals surface area contributed by atoms with Gasteiger partial charge >= 0.3 is 6.09 Å². The van der Waals surface area contributed by atoms with E-state index in [0.717, 1.165) is 24.1 Å². The number of likely N-dealkylation sites (N-methyl/N-ethyl adjacent to an activating group) is 1. The Morgan fingerprint density at radius 2 is 1.37 bits per heavy atom. The maximum Gasteiger partial charge on any atom is 0.410 e. The first kappa shape index (κ1) is 22.0. The van der Waals surface area contributed by atoms with Gasteiger partial charge in [0.2, 0.25) is 0 Å². The molecule has 0 spiro atoms. The molecule has 2 N–H and O–H groups in total. The first-order valence-corrected chi connectivity index (χ1v) is 10.4. The lowest BCUT2D eigenvalue weighted by atomic mass is 9.96. The van der Waals surface area contributed by atoms with Crippen molar-refractivity contribution in [3.63, 3.8) is 0 Å². The molecule has 0 radical (unpaired) electrons. The molecule has 0 bridgehead atoms. The Kier molecular flexibility index (Phi) is 6.56. The monoisotopic (exact) mass is 412 g/mol. The third-order valence-electron chi connectivity index (χ3n) is 5.41. The van der Waals surface area contributed by atoms with E-state index in [1.807, 2.05) is 49.9 Å². The van der Waals surface area contributed by atoms with E-state index in [1.165, 1.54) is 0 Å². The van der Waals surface area contributed by atoms with E-state index in [4.69, 9.17) is 4.74 Å². The van der Waals surface area contributed by atoms with Gasteiger partial charge in [-0.05, 0) is 76.1 Å². The number of benzene rings is 2. The molecular weight excluding hydrogens is 380 g/mol. The molecule has 1 amide bonds. The lowest BCUT2D eigenvalue weighted by Crippen LogP contribution is -2.60. The largest absolute Gasteiger partial charge is 0.508 e. The molecule has 6 heteroatoms. The maximum atomic E-state index is 13.0. The highest BCUT2D eigenvalue weighted by Gasteiger charge is 2.37. The van der Waals surface area contributed by atoms with E-state index in [1.54, 1.807) is 24.3 Å². The summed E-state index contributed by atoms with van der Waals surface area (Å²) in [5, 5.41) is 19.1. The lowest BCUT2D eigenvalue weighted by Gasteiger charge is -2.45. The van der Waals surface area contributed by atoms with Gasteiger partial charge in [-0.25, -0.2) is 4.79 Å². The predicted molar refractivity (Wildman–Crippen MR) is 117 cm³/mol. The standard InChI is InChI=1S/C24H32N2O4/c1-24(2,3)30-23(29)26-16-19(13-17-5-9-21(27)10-6-17)25(4)15-20(26)14-18-7-11-22(28)12-8-18/h5-12,19-20,27-28H,13-16H2,1-4H3/t19-,20-/m0/s1. The fourth-order valence-electron chi connectivity index (χ4n) is 3.84. The van der Waals surface area contributed by atoms with Crippen LogP contribution in [0, 0.1) is 0 Å². The number of hydrogen-bond acceptors (Lipinski definition) is 5. The van der Waals surface area contributed by atoms with Gasteiger partial charge in [-0.15, -0.1) is 0 Å². The third-order valence-corrected chi connectivity index (χ3v) is 5.41. The second kappa shape index (κ2) is 8.96. The minimum absolute atomic E-state index is 0.0227. The van der Waals surface area contributed by atoms with Crippen LogP contribution < -0.4 is 0 Å². The first-order valence-electron chi connectivity index (χ1n) is 10.4. The Hall–Kier alpha value is -2.73. The van der Waals surface area contributed by atoms with Gasteiger partial charge in [0.1, 0.15) is 17.1 Å². The van der Waals surface area contributed by atoms with Crippen LogP contribution in [0.2, 0.25) is 0 Å². The molecule has 1 heterocycles. The number of amides is 1. The van der Waals surface area contributed by atoms with Crippen molar-refractivity contribution in [1.29, 1.82) is 0 Å². The summed E-state index contributed by atoms with van der Waals surface area (Å²) in [5.41, 5.74) is 1.62. The Morgan fingerprint density at radius 3 is 1.83 bits per heavy atom. The van der Waals surface area contributed by atoms with Crippen LogP contribution in [0.3, 0.4) is 0 Å². The summed E-state index contributed by atoms with van der Waals surface area (Å²) in [5.74, 6) is 0.484. The van der Waals surface area contributed by atoms with Crippen molar-refractivity contribution in [2.45, 2.75) is 51.3 Å². The molecule has 30 heavy (non-hydrogen) atoms. The summed E-state index contributed by atoms with van der Waals surface area (Å²) in [4.78, 5) is 17.2. The van der Waals surface area contributed by atoms with Crippen LogP contribution in [0.5, 0.6) is 11.5 Å². The summed E-state index contributed by atoms with van der Waals surface area (Å²) in [6.45, 7) is 6.93. The highest BCUT2D eigenvalue weighted by molar-refractivity contribution is 5.69. The zero-order valence-electron chi connectivity index (χ0n) is 18.2. The van der Waals surface area contributed by atoms with Gasteiger partial charge in [0.25, 0.3) is 0 Å². The van der Waals surface area contributed by atoms with Crippen LogP contribution in [-0.2, 0) is 17.6 Å². The molecule has 0 aromatic heterocycles. The minimum Gasteiger partial charge on any atom is -0.508 e. The van der Waals surface area contributed by atoms with E-state index in [0.29, 0.717) is 13.0 Å². The van der Waals surface area contributed by atoms with Gasteiger partial charge in [0.05, 0.1) is 6.04 Å². The summed E-state index contributed by atoms with van der Waals surface area (Å²) in [6.07, 6.45) is 1.17. The molecule has 1 fully saturated rings. The molecule has 2 aromatic carbocycles. The van der Waals surface area contributed by atoms with Gasteiger partial charge in [-0.2, -0.15) is 0 Å². The number of aromatic hydroxyl groups is 2. The molecular formula is C24H32N2O4. The van der Waals surface area contributed by atoms with Crippen molar-refractivity contribution >= 4 is 6.09 Å². The van der Waals surface area contributed by atoms with Crippen molar-refractivity contribution in [3.8, 4) is 11.5 Å². The fraction of sp³-hybridized carbons (Fsp3) is 0.458. The Morgan fingerprint density at radius 1 is 0.900 bits per heavy atom. The third kappa shape index (κ3) is 5.89. The molecule has 6 nitrogen and oxygen atoms in total. The van der Waals surface area contributed by atoms with Gasteiger partial charge in [-0.3, -0.25) is 4.90 Å². The van der Waals surface area contributed by atoms with Crippen LogP contribution >= 0.6 is 0 Å². The molecule has 1 aliphatic heterocycles. The SMILES string of the molecule is CN1C[C@H](Cc2ccc(O)cc2)N(C(=O)OC(C)(C)C)C[C@@H]1Cc1ccc(O)cc1. The highest BCUT2D eigenvalue weighted by Crippen LogP contribution is 2.24. The van der Waals surface area contributed by atoms with Crippen LogP contribution in [-0.4, -0.2) is 63.9 Å². The zero-order valence-corrected chi connectivity index (χ0v) is 18.2. The number of rotatable bonds is 4. The molecule has 0 aliphatic carbocycles. The fourth-order valence-corrected chi connectivity index (χ4v) is 3.84. The number of piperazine rings is 1. The van der Waals surface area contributed by atoms with Crippen molar-refractivity contribution in [1.82, 2.24) is 9.80 Å². The maximum absolute atomic E-state index is 13.0. The van der Waals surface area contributed by atoms with Gasteiger partial charge in [-0.1, -0.05) is 24.3 Å². The Bertz CT molecular complexity index is 843. The quantitative estimate of drug-likeness (QED) is 0.799. The number of phenols is 2. The molecule has 3 rings (SSSR count). The van der Waals surface area contributed by atoms with E-state index < -0.39 is 5.60 Å². The average Bonchev–Trinajstić information content (AvgIpc) is 2.66. The van der Waals surface area contributed by atoms with Crippen molar-refractivity contribution in [3.05, 3.63) is 59.7 Å². The Labute approximate surface area is 178 Å². The number of carbonyl (C=O) groups excluding carboxylic acids is 1. The molecule has 1 aliphatic rings. The number of carbonyl (C=O) groups is 1. The summed E-state index contributed by atoms with van der Waals surface area (Å²) in [6, 6.07) is 14.5. The number of hydrogen-bond donors (Lipinski definition) is 2. The average molecular weight is 413 g/mol. The van der Waals surface area contributed by atoms with Gasteiger partial charge < -0.3 is 19.8 Å². The summed E-state index contributed by atoms with van der Waals surface area (Å²) < 4.78 is 5.71. The highest BCUT2D eigenvalue weighted by atomic mass is 16.6. The zero-order chi connectivity index (χ0) is 21.9. The van der Waals surface area contributed by atoms with Crippen LogP contribution in [0.15, 0.2) is 48.5 Å². The van der Waals surface area contributed by atoms with E-state index >= 15 is 0 Å². The number of ether oxygens (including phenoxy) is 1. The minimum atomic E-state index is -0.560. The normalized spacial score (nSPS) is 20.2. The van der Waals surface area contributed by atoms with E-state index in [-0.39, 0.29) is 29.7 Å². The van der Waals surface area contributed by atoms with Crippen LogP contribution in [0.4, 0.5) is 4.79 Å². The van der Waals surface area contributed by atoms with E-state index in [9.17, 15) is 15.0 Å². The van der Waals surface area contributed by atoms with Gasteiger partial charge in [0, 0.05) is 19.1 Å². The molecule has 0 saturated carbocycles. The number of nitrogens with zero attached hydrogens (tertiary/aromatic N) is 2. The van der Waals surface area contributed by atoms with Gasteiger partial charge in [0.15, 0.2) is 0 Å². The lowest BCUT2D eigenvalue weighted by molar-refractivity contribution is -0.0107. The molecule has 1 saturated heterocycles. The topological polar surface area (TPSA) is 73.2 Å². The number of phenolic OH excluding ortho intramolecular Hbond substituents is 2. The summed E-state index contributed by atoms with van der Waals surface area (Å²) in [7, 11) is 2.08. The molecule has 0 unspecified atom stereocenters. The van der Waals surface area contributed by atoms with Crippen LogP contribution in [0.25, 0.3) is 0 Å². The van der Waals surface area contributed by atoms with Crippen molar-refractivity contribution in [2.24, 2.45) is 0 Å². The molecule has 162 valence electrons. The smallest absolute Gasteiger partial charge is 0.410 e. The second-order valence-electron chi connectivity index (χ2n) is 9.12.